The summed E-state index contributed by atoms with van der Waals surface area (Å²) >= 11 is 0. The van der Waals surface area contributed by atoms with Crippen LogP contribution in [0, 0.1) is 11.8 Å². The van der Waals surface area contributed by atoms with Crippen LogP contribution in [-0.2, 0) is 0 Å². The molecule has 1 heteroatoms. The third kappa shape index (κ3) is 1.76. The molecule has 0 atom stereocenters. The van der Waals surface area contributed by atoms with Crippen LogP contribution in [0.4, 0.5) is 0 Å². The molecule has 13 heavy (non-hydrogen) atoms. The zero-order valence-electron chi connectivity index (χ0n) is 8.89. The van der Waals surface area contributed by atoms with E-state index in [4.69, 9.17) is 5.73 Å². The van der Waals surface area contributed by atoms with Crippen LogP contribution in [0.25, 0.3) is 0 Å². The highest BCUT2D eigenvalue weighted by Crippen LogP contribution is 2.44. The van der Waals surface area contributed by atoms with Gasteiger partial charge >= 0.3 is 0 Å². The lowest BCUT2D eigenvalue weighted by molar-refractivity contribution is 0.101. The monoisotopic (exact) mass is 181 g/mol. The molecule has 2 aliphatic carbocycles. The van der Waals surface area contributed by atoms with E-state index in [1.165, 1.54) is 51.4 Å². The SMILES string of the molecule is CCC1CCC(C2(N)CCC2)CC1. The first-order valence-corrected chi connectivity index (χ1v) is 6.03. The second kappa shape index (κ2) is 3.61. The molecule has 76 valence electrons. The van der Waals surface area contributed by atoms with Gasteiger partial charge in [0.05, 0.1) is 0 Å². The number of hydrogen-bond donors (Lipinski definition) is 1. The van der Waals surface area contributed by atoms with Crippen LogP contribution in [0.5, 0.6) is 0 Å². The van der Waals surface area contributed by atoms with Crippen LogP contribution in [0.15, 0.2) is 0 Å². The summed E-state index contributed by atoms with van der Waals surface area (Å²) in [7, 11) is 0. The first kappa shape index (κ1) is 9.51. The van der Waals surface area contributed by atoms with Gasteiger partial charge in [0.15, 0.2) is 0 Å². The van der Waals surface area contributed by atoms with Gasteiger partial charge in [-0.05, 0) is 43.9 Å². The van der Waals surface area contributed by atoms with E-state index in [2.05, 4.69) is 6.92 Å². The van der Waals surface area contributed by atoms with Crippen LogP contribution in [0.2, 0.25) is 0 Å². The average molecular weight is 181 g/mol. The molecule has 0 saturated heterocycles. The summed E-state index contributed by atoms with van der Waals surface area (Å²) in [6, 6.07) is 0. The molecule has 2 fully saturated rings. The van der Waals surface area contributed by atoms with Crippen LogP contribution in [0.3, 0.4) is 0 Å². The molecule has 2 rings (SSSR count). The third-order valence-electron chi connectivity index (χ3n) is 4.52. The summed E-state index contributed by atoms with van der Waals surface area (Å²) in [6.45, 7) is 2.33. The van der Waals surface area contributed by atoms with Gasteiger partial charge in [0, 0.05) is 5.54 Å². The van der Waals surface area contributed by atoms with Crippen molar-refractivity contribution in [3.63, 3.8) is 0 Å². The summed E-state index contributed by atoms with van der Waals surface area (Å²) in [5.74, 6) is 1.88. The molecular weight excluding hydrogens is 158 g/mol. The van der Waals surface area contributed by atoms with Crippen molar-refractivity contribution < 1.29 is 0 Å². The maximum absolute atomic E-state index is 6.36. The van der Waals surface area contributed by atoms with Crippen LogP contribution in [-0.4, -0.2) is 5.54 Å². The molecule has 0 amide bonds. The predicted octanol–water partition coefficient (Wildman–Crippen LogP) is 3.08. The molecule has 0 heterocycles. The van der Waals surface area contributed by atoms with Gasteiger partial charge in [-0.25, -0.2) is 0 Å². The minimum Gasteiger partial charge on any atom is -0.325 e. The molecule has 0 unspecified atom stereocenters. The van der Waals surface area contributed by atoms with Gasteiger partial charge in [-0.15, -0.1) is 0 Å². The summed E-state index contributed by atoms with van der Waals surface area (Å²) < 4.78 is 0. The lowest BCUT2D eigenvalue weighted by Crippen LogP contribution is -2.53. The Bertz CT molecular complexity index is 164. The van der Waals surface area contributed by atoms with Gasteiger partial charge in [-0.3, -0.25) is 0 Å². The van der Waals surface area contributed by atoms with E-state index in [0.717, 1.165) is 11.8 Å². The first-order chi connectivity index (χ1) is 6.24. The molecule has 0 bridgehead atoms. The third-order valence-corrected chi connectivity index (χ3v) is 4.52. The van der Waals surface area contributed by atoms with Crippen LogP contribution >= 0.6 is 0 Å². The van der Waals surface area contributed by atoms with Gasteiger partial charge in [0.1, 0.15) is 0 Å². The van der Waals surface area contributed by atoms with Crippen molar-refractivity contribution in [2.75, 3.05) is 0 Å². The van der Waals surface area contributed by atoms with Gasteiger partial charge in [0.2, 0.25) is 0 Å². The van der Waals surface area contributed by atoms with Gasteiger partial charge in [0.25, 0.3) is 0 Å². The van der Waals surface area contributed by atoms with E-state index in [0.29, 0.717) is 0 Å². The maximum Gasteiger partial charge on any atom is 0.0182 e. The summed E-state index contributed by atoms with van der Waals surface area (Å²) in [4.78, 5) is 0. The van der Waals surface area contributed by atoms with Crippen molar-refractivity contribution >= 4 is 0 Å². The van der Waals surface area contributed by atoms with E-state index in [-0.39, 0.29) is 5.54 Å². The van der Waals surface area contributed by atoms with E-state index in [1.807, 2.05) is 0 Å². The lowest BCUT2D eigenvalue weighted by atomic mass is 9.63. The molecular formula is C12H23N. The minimum absolute atomic E-state index is 0.276. The minimum atomic E-state index is 0.276. The second-order valence-electron chi connectivity index (χ2n) is 5.21. The fourth-order valence-corrected chi connectivity index (χ4v) is 3.14. The summed E-state index contributed by atoms with van der Waals surface area (Å²) in [5.41, 5.74) is 6.64. The van der Waals surface area contributed by atoms with E-state index < -0.39 is 0 Å². The Labute approximate surface area is 82.1 Å². The number of hydrogen-bond acceptors (Lipinski definition) is 1. The van der Waals surface area contributed by atoms with E-state index in [9.17, 15) is 0 Å². The van der Waals surface area contributed by atoms with Crippen molar-refractivity contribution in [3.8, 4) is 0 Å². The van der Waals surface area contributed by atoms with Crippen LogP contribution in [0.1, 0.15) is 58.3 Å². The zero-order chi connectivity index (χ0) is 9.31. The molecule has 1 nitrogen and oxygen atoms in total. The molecule has 2 N–H and O–H groups in total. The van der Waals surface area contributed by atoms with Crippen molar-refractivity contribution in [3.05, 3.63) is 0 Å². The fourth-order valence-electron chi connectivity index (χ4n) is 3.14. The molecule has 2 aliphatic rings. The molecule has 0 aromatic rings. The molecule has 0 aliphatic heterocycles. The Hall–Kier alpha value is -0.0400. The van der Waals surface area contributed by atoms with Crippen LogP contribution < -0.4 is 5.73 Å². The molecule has 0 spiro atoms. The zero-order valence-corrected chi connectivity index (χ0v) is 8.89. The Morgan fingerprint density at radius 3 is 2.15 bits per heavy atom. The highest BCUT2D eigenvalue weighted by Gasteiger charge is 2.41. The smallest absolute Gasteiger partial charge is 0.0182 e. The van der Waals surface area contributed by atoms with Gasteiger partial charge in [-0.1, -0.05) is 26.2 Å². The van der Waals surface area contributed by atoms with Crippen molar-refractivity contribution in [1.82, 2.24) is 0 Å². The lowest BCUT2D eigenvalue weighted by Gasteiger charge is -2.47. The van der Waals surface area contributed by atoms with E-state index >= 15 is 0 Å². The largest absolute Gasteiger partial charge is 0.325 e. The van der Waals surface area contributed by atoms with Gasteiger partial charge in [-0.2, -0.15) is 0 Å². The normalized spacial score (nSPS) is 38.3. The first-order valence-electron chi connectivity index (χ1n) is 6.03. The predicted molar refractivity (Wildman–Crippen MR) is 56.5 cm³/mol. The molecule has 0 aromatic heterocycles. The Morgan fingerprint density at radius 1 is 1.15 bits per heavy atom. The topological polar surface area (TPSA) is 26.0 Å². The standard InChI is InChI=1S/C12H23N/c1-2-10-4-6-11(7-5-10)12(13)8-3-9-12/h10-11H,2-9,13H2,1H3. The quantitative estimate of drug-likeness (QED) is 0.696. The average Bonchev–Trinajstić information content (AvgIpc) is 2.14. The second-order valence-corrected chi connectivity index (χ2v) is 5.21. The molecule has 0 aromatic carbocycles. The van der Waals surface area contributed by atoms with Gasteiger partial charge < -0.3 is 5.73 Å². The Balaban J connectivity index is 1.84. The fraction of sp³-hybridized carbons (Fsp3) is 1.00. The van der Waals surface area contributed by atoms with Crippen molar-refractivity contribution in [2.45, 2.75) is 63.8 Å². The maximum atomic E-state index is 6.36. The Kier molecular flexibility index (Phi) is 2.64. The number of rotatable bonds is 2. The highest BCUT2D eigenvalue weighted by atomic mass is 14.8. The Morgan fingerprint density at radius 2 is 1.77 bits per heavy atom. The van der Waals surface area contributed by atoms with Crippen molar-refractivity contribution in [1.29, 1.82) is 0 Å². The van der Waals surface area contributed by atoms with E-state index in [1.54, 1.807) is 0 Å². The highest BCUT2D eigenvalue weighted by molar-refractivity contribution is 4.99. The molecule has 0 radical (unpaired) electrons. The van der Waals surface area contributed by atoms with Crippen molar-refractivity contribution in [2.24, 2.45) is 17.6 Å². The number of nitrogens with two attached hydrogens (primary N) is 1. The summed E-state index contributed by atoms with van der Waals surface area (Å²) in [6.07, 6.45) is 11.1. The summed E-state index contributed by atoms with van der Waals surface area (Å²) in [5, 5.41) is 0. The molecule has 2 saturated carbocycles.